The van der Waals surface area contributed by atoms with Gasteiger partial charge in [-0.3, -0.25) is 9.59 Å². The third kappa shape index (κ3) is 11.2. The highest BCUT2D eigenvalue weighted by atomic mass is 19.2. The Morgan fingerprint density at radius 3 is 1.39 bits per heavy atom. The second kappa shape index (κ2) is 18.1. The number of carbonyl (C=O) groups excluding carboxylic acids is 2. The van der Waals surface area contributed by atoms with E-state index in [1.807, 2.05) is 0 Å². The van der Waals surface area contributed by atoms with Crippen LogP contribution in [0.1, 0.15) is 114 Å². The van der Waals surface area contributed by atoms with Crippen LogP contribution in [0.25, 0.3) is 0 Å². The number of nitrogens with zero attached hydrogens (tertiary/aromatic N) is 1. The van der Waals surface area contributed by atoms with Crippen molar-refractivity contribution >= 4 is 11.9 Å². The van der Waals surface area contributed by atoms with Crippen LogP contribution in [-0.4, -0.2) is 37.0 Å². The SMILES string of the molecule is CCCCCCCCCCCCCCCCCOC(=O)CN(C)C(=O)c1c(F)c(F)c(F)c(F)c1F. The molecule has 0 spiro atoms. The summed E-state index contributed by atoms with van der Waals surface area (Å²) in [7, 11) is 1.01. The summed E-state index contributed by atoms with van der Waals surface area (Å²) in [4.78, 5) is 24.6. The van der Waals surface area contributed by atoms with Gasteiger partial charge in [0.05, 0.1) is 6.61 Å². The predicted molar refractivity (Wildman–Crippen MR) is 129 cm³/mol. The van der Waals surface area contributed by atoms with Crippen LogP contribution >= 0.6 is 0 Å². The third-order valence-corrected chi connectivity index (χ3v) is 6.15. The fourth-order valence-corrected chi connectivity index (χ4v) is 3.95. The molecule has 0 radical (unpaired) electrons. The number of rotatable bonds is 19. The number of hydrogen-bond acceptors (Lipinski definition) is 3. The minimum atomic E-state index is -2.35. The highest BCUT2D eigenvalue weighted by Gasteiger charge is 2.31. The summed E-state index contributed by atoms with van der Waals surface area (Å²) in [5.74, 6) is -13.6. The molecule has 0 atom stereocenters. The molecule has 0 aliphatic heterocycles. The number of amides is 1. The summed E-state index contributed by atoms with van der Waals surface area (Å²) in [5.41, 5.74) is -1.61. The van der Waals surface area contributed by atoms with Crippen LogP contribution in [-0.2, 0) is 9.53 Å². The molecule has 0 N–H and O–H groups in total. The van der Waals surface area contributed by atoms with Crippen molar-refractivity contribution in [2.24, 2.45) is 0 Å². The van der Waals surface area contributed by atoms with Gasteiger partial charge in [-0.2, -0.15) is 0 Å². The van der Waals surface area contributed by atoms with Crippen LogP contribution in [0, 0.1) is 29.1 Å². The molecule has 1 aromatic rings. The van der Waals surface area contributed by atoms with E-state index in [-0.39, 0.29) is 6.61 Å². The van der Waals surface area contributed by atoms with Crippen molar-refractivity contribution in [3.8, 4) is 0 Å². The summed E-state index contributed by atoms with van der Waals surface area (Å²) in [6, 6.07) is 0. The molecular formula is C27H40F5NO3. The molecule has 0 saturated carbocycles. The quantitative estimate of drug-likeness (QED) is 0.0612. The number of halogens is 5. The van der Waals surface area contributed by atoms with Crippen LogP contribution in [0.2, 0.25) is 0 Å². The lowest BCUT2D eigenvalue weighted by atomic mass is 10.0. The van der Waals surface area contributed by atoms with Crippen molar-refractivity contribution in [1.29, 1.82) is 0 Å². The van der Waals surface area contributed by atoms with Gasteiger partial charge in [-0.15, -0.1) is 0 Å². The Morgan fingerprint density at radius 2 is 0.972 bits per heavy atom. The lowest BCUT2D eigenvalue weighted by Gasteiger charge is -2.17. The molecule has 0 bridgehead atoms. The Bertz CT molecular complexity index is 790. The summed E-state index contributed by atoms with van der Waals surface area (Å²) < 4.78 is 72.3. The molecule has 1 rings (SSSR count). The number of likely N-dealkylation sites (N-methyl/N-ethyl adjacent to an activating group) is 1. The Morgan fingerprint density at radius 1 is 0.611 bits per heavy atom. The first-order valence-corrected chi connectivity index (χ1v) is 13.1. The van der Waals surface area contributed by atoms with Gasteiger partial charge in [-0.05, 0) is 6.42 Å². The van der Waals surface area contributed by atoms with E-state index in [0.29, 0.717) is 11.3 Å². The first kappa shape index (κ1) is 31.8. The summed E-state index contributed by atoms with van der Waals surface area (Å²) in [5, 5.41) is 0. The average molecular weight is 522 g/mol. The van der Waals surface area contributed by atoms with Crippen molar-refractivity contribution in [1.82, 2.24) is 4.90 Å². The van der Waals surface area contributed by atoms with E-state index in [1.165, 1.54) is 70.6 Å². The number of esters is 1. The fourth-order valence-electron chi connectivity index (χ4n) is 3.95. The lowest BCUT2D eigenvalue weighted by molar-refractivity contribution is -0.144. The molecule has 0 fully saturated rings. The predicted octanol–water partition coefficient (Wildman–Crippen LogP) is 7.87. The van der Waals surface area contributed by atoms with Gasteiger partial charge in [0.15, 0.2) is 23.3 Å². The van der Waals surface area contributed by atoms with Crippen LogP contribution in [0.3, 0.4) is 0 Å². The van der Waals surface area contributed by atoms with E-state index in [9.17, 15) is 31.5 Å². The Hall–Kier alpha value is -2.19. The van der Waals surface area contributed by atoms with E-state index in [1.54, 1.807) is 0 Å². The van der Waals surface area contributed by atoms with E-state index >= 15 is 0 Å². The number of hydrogen-bond donors (Lipinski definition) is 0. The molecule has 0 saturated heterocycles. The first-order valence-electron chi connectivity index (χ1n) is 13.1. The molecular weight excluding hydrogens is 481 g/mol. The van der Waals surface area contributed by atoms with Crippen molar-refractivity contribution in [2.45, 2.75) is 103 Å². The van der Waals surface area contributed by atoms with Gasteiger partial charge >= 0.3 is 5.97 Å². The number of carbonyl (C=O) groups is 2. The topological polar surface area (TPSA) is 46.6 Å². The molecule has 36 heavy (non-hydrogen) atoms. The number of unbranched alkanes of at least 4 members (excludes halogenated alkanes) is 14. The molecule has 1 amide bonds. The van der Waals surface area contributed by atoms with Gasteiger partial charge in [0, 0.05) is 7.05 Å². The van der Waals surface area contributed by atoms with E-state index < -0.39 is 53.1 Å². The van der Waals surface area contributed by atoms with E-state index in [0.717, 1.165) is 26.3 Å². The zero-order valence-corrected chi connectivity index (χ0v) is 21.6. The lowest BCUT2D eigenvalue weighted by Crippen LogP contribution is -2.34. The zero-order valence-electron chi connectivity index (χ0n) is 21.6. The molecule has 9 heteroatoms. The molecule has 0 aliphatic rings. The van der Waals surface area contributed by atoms with Crippen LogP contribution in [0.15, 0.2) is 0 Å². The maximum atomic E-state index is 13.8. The minimum Gasteiger partial charge on any atom is -0.464 e. The smallest absolute Gasteiger partial charge is 0.325 e. The maximum Gasteiger partial charge on any atom is 0.325 e. The first-order chi connectivity index (χ1) is 17.2. The highest BCUT2D eigenvalue weighted by Crippen LogP contribution is 2.24. The fraction of sp³-hybridized carbons (Fsp3) is 0.704. The monoisotopic (exact) mass is 521 g/mol. The van der Waals surface area contributed by atoms with Gasteiger partial charge in [-0.1, -0.05) is 96.8 Å². The summed E-state index contributed by atoms with van der Waals surface area (Å²) in [6.07, 6.45) is 18.0. The summed E-state index contributed by atoms with van der Waals surface area (Å²) in [6.45, 7) is 1.67. The molecule has 0 aliphatic carbocycles. The Labute approximate surface area is 211 Å². The van der Waals surface area contributed by atoms with Gasteiger partial charge in [0.25, 0.3) is 5.91 Å². The number of benzene rings is 1. The molecule has 1 aromatic carbocycles. The average Bonchev–Trinajstić information content (AvgIpc) is 2.86. The maximum absolute atomic E-state index is 13.8. The molecule has 206 valence electrons. The van der Waals surface area contributed by atoms with Crippen molar-refractivity contribution in [2.75, 3.05) is 20.2 Å². The zero-order chi connectivity index (χ0) is 26.9. The second-order valence-corrected chi connectivity index (χ2v) is 9.28. The third-order valence-electron chi connectivity index (χ3n) is 6.15. The Kier molecular flexibility index (Phi) is 16.0. The normalized spacial score (nSPS) is 11.1. The molecule has 0 aromatic heterocycles. The van der Waals surface area contributed by atoms with Crippen molar-refractivity contribution < 1.29 is 36.3 Å². The molecule has 0 heterocycles. The van der Waals surface area contributed by atoms with Gasteiger partial charge in [0.2, 0.25) is 5.82 Å². The van der Waals surface area contributed by atoms with Crippen LogP contribution in [0.4, 0.5) is 22.0 Å². The van der Waals surface area contributed by atoms with Gasteiger partial charge < -0.3 is 9.64 Å². The highest BCUT2D eigenvalue weighted by molar-refractivity contribution is 5.96. The van der Waals surface area contributed by atoms with Crippen LogP contribution in [0.5, 0.6) is 0 Å². The standard InChI is InChI=1S/C27H40F5NO3/c1-3-4-5-6-7-8-9-10-11-12-13-14-15-16-17-18-36-20(34)19-33(2)27(35)21-22(28)24(30)26(32)25(31)23(21)29/h3-19H2,1-2H3. The van der Waals surface area contributed by atoms with Crippen LogP contribution < -0.4 is 0 Å². The molecule has 4 nitrogen and oxygen atoms in total. The molecule has 0 unspecified atom stereocenters. The second-order valence-electron chi connectivity index (χ2n) is 9.28. The van der Waals surface area contributed by atoms with E-state index in [4.69, 9.17) is 4.74 Å². The van der Waals surface area contributed by atoms with E-state index in [2.05, 4.69) is 6.92 Å². The minimum absolute atomic E-state index is 0.127. The van der Waals surface area contributed by atoms with Crippen molar-refractivity contribution in [3.05, 3.63) is 34.6 Å². The largest absolute Gasteiger partial charge is 0.464 e. The Balaban J connectivity index is 2.12. The van der Waals surface area contributed by atoms with Crippen molar-refractivity contribution in [3.63, 3.8) is 0 Å². The summed E-state index contributed by atoms with van der Waals surface area (Å²) >= 11 is 0. The number of ether oxygens (including phenoxy) is 1. The van der Waals surface area contributed by atoms with Gasteiger partial charge in [-0.25, -0.2) is 22.0 Å². The van der Waals surface area contributed by atoms with Gasteiger partial charge in [0.1, 0.15) is 12.1 Å².